The lowest BCUT2D eigenvalue weighted by Gasteiger charge is -2.36. The summed E-state index contributed by atoms with van der Waals surface area (Å²) >= 11 is 3.41. The third kappa shape index (κ3) is 5.08. The Bertz CT molecular complexity index is 1580. The molecule has 0 fully saturated rings. The number of thiazole rings is 1. The van der Waals surface area contributed by atoms with E-state index in [4.69, 9.17) is 0 Å². The van der Waals surface area contributed by atoms with Crippen LogP contribution in [0.5, 0.6) is 0 Å². The van der Waals surface area contributed by atoms with Gasteiger partial charge in [-0.25, -0.2) is 8.42 Å². The highest BCUT2D eigenvalue weighted by Gasteiger charge is 2.36. The molecule has 0 radical (unpaired) electrons. The smallest absolute Gasteiger partial charge is 0.262 e. The lowest BCUT2D eigenvalue weighted by atomic mass is 9.85. The highest BCUT2D eigenvalue weighted by atomic mass is 32.2. The number of aryl methyl sites for hydroxylation is 1. The molecule has 2 aliphatic rings. The second-order valence-electron chi connectivity index (χ2n) is 9.52. The van der Waals surface area contributed by atoms with Crippen LogP contribution >= 0.6 is 23.1 Å². The molecule has 1 unspecified atom stereocenters. The zero-order valence-corrected chi connectivity index (χ0v) is 23.6. The molecule has 37 heavy (non-hydrogen) atoms. The molecule has 2 aromatic carbocycles. The first-order chi connectivity index (χ1) is 17.7. The summed E-state index contributed by atoms with van der Waals surface area (Å²) in [6.45, 7) is 7.47. The third-order valence-corrected chi connectivity index (χ3v) is 10.7. The zero-order chi connectivity index (χ0) is 26.2. The minimum atomic E-state index is -4.51. The van der Waals surface area contributed by atoms with Crippen molar-refractivity contribution < 1.29 is 17.5 Å². The number of rotatable bonds is 6. The molecule has 0 N–H and O–H groups in total. The van der Waals surface area contributed by atoms with Gasteiger partial charge in [-0.3, -0.25) is 0 Å². The van der Waals surface area contributed by atoms with Crippen LogP contribution in [0, 0.1) is 0 Å². The number of fused-ring (bicyclic) bond motifs is 2. The maximum atomic E-state index is 12.3. The number of thioether (sulfide) groups is 1. The third-order valence-electron chi connectivity index (χ3n) is 6.92. The summed E-state index contributed by atoms with van der Waals surface area (Å²) in [5.41, 5.74) is 4.05. The largest absolute Gasteiger partial charge is 0.748 e. The van der Waals surface area contributed by atoms with Crippen LogP contribution in [0.15, 0.2) is 93.9 Å². The molecule has 192 valence electrons. The SMILES string of the molecule is CCN1/C(=C/C=C2C=C(/C=C/c3sc4ccccc4[n+]3CC)CC(C)(S(=O)(=O)[O-])C/2)Sc2ccccc21. The predicted octanol–water partition coefficient (Wildman–Crippen LogP) is 6.65. The lowest BCUT2D eigenvalue weighted by Crippen LogP contribution is -2.37. The van der Waals surface area contributed by atoms with Crippen molar-refractivity contribution in [3.8, 4) is 0 Å². The first kappa shape index (κ1) is 26.0. The first-order valence-corrected chi connectivity index (χ1v) is 15.5. The minimum absolute atomic E-state index is 0.196. The molecule has 1 aliphatic carbocycles. The molecule has 1 aliphatic heterocycles. The van der Waals surface area contributed by atoms with E-state index in [1.54, 1.807) is 30.0 Å². The van der Waals surface area contributed by atoms with E-state index in [1.165, 1.54) is 20.8 Å². The Kier molecular flexibility index (Phi) is 7.20. The average Bonchev–Trinajstić information content (AvgIpc) is 3.42. The maximum Gasteiger partial charge on any atom is 0.262 e. The first-order valence-electron chi connectivity index (χ1n) is 12.4. The van der Waals surface area contributed by atoms with Gasteiger partial charge in [-0.15, -0.1) is 0 Å². The van der Waals surface area contributed by atoms with Gasteiger partial charge in [-0.05, 0) is 69.0 Å². The van der Waals surface area contributed by atoms with E-state index in [1.807, 2.05) is 54.6 Å². The van der Waals surface area contributed by atoms with E-state index < -0.39 is 14.9 Å². The predicted molar refractivity (Wildman–Crippen MR) is 154 cm³/mol. The summed E-state index contributed by atoms with van der Waals surface area (Å²) in [6.07, 6.45) is 10.5. The van der Waals surface area contributed by atoms with Crippen LogP contribution < -0.4 is 9.47 Å². The number of benzene rings is 2. The van der Waals surface area contributed by atoms with Crippen molar-refractivity contribution in [3.05, 3.63) is 94.0 Å². The van der Waals surface area contributed by atoms with Crippen molar-refractivity contribution in [2.45, 2.75) is 49.8 Å². The number of nitrogens with zero attached hydrogens (tertiary/aromatic N) is 2. The fourth-order valence-corrected chi connectivity index (χ4v) is 7.96. The molecule has 0 bridgehead atoms. The number of anilines is 1. The van der Waals surface area contributed by atoms with Gasteiger partial charge in [0.2, 0.25) is 5.52 Å². The summed E-state index contributed by atoms with van der Waals surface area (Å²) in [5.74, 6) is 0. The fourth-order valence-electron chi connectivity index (χ4n) is 5.02. The molecule has 5 nitrogen and oxygen atoms in total. The molecule has 3 aromatic rings. The van der Waals surface area contributed by atoms with E-state index in [2.05, 4.69) is 47.6 Å². The Hall–Kier alpha value is -2.65. The topological polar surface area (TPSA) is 64.3 Å². The van der Waals surface area contributed by atoms with E-state index in [0.717, 1.165) is 34.3 Å². The molecule has 1 aromatic heterocycles. The van der Waals surface area contributed by atoms with Gasteiger partial charge in [0, 0.05) is 23.6 Å². The highest BCUT2D eigenvalue weighted by Crippen LogP contribution is 2.46. The van der Waals surface area contributed by atoms with Gasteiger partial charge < -0.3 is 9.45 Å². The molecule has 1 atom stereocenters. The Morgan fingerprint density at radius 3 is 2.57 bits per heavy atom. The van der Waals surface area contributed by atoms with E-state index in [0.29, 0.717) is 0 Å². The monoisotopic (exact) mass is 550 g/mol. The molecule has 8 heteroatoms. The number of aromatic nitrogens is 1. The molecular weight excluding hydrogens is 521 g/mol. The van der Waals surface area contributed by atoms with Gasteiger partial charge >= 0.3 is 0 Å². The summed E-state index contributed by atoms with van der Waals surface area (Å²) in [4.78, 5) is 3.45. The minimum Gasteiger partial charge on any atom is -0.748 e. The number of allylic oxidation sites excluding steroid dienone is 6. The van der Waals surface area contributed by atoms with Gasteiger partial charge in [0.25, 0.3) is 5.01 Å². The van der Waals surface area contributed by atoms with E-state index >= 15 is 0 Å². The van der Waals surface area contributed by atoms with Gasteiger partial charge in [-0.1, -0.05) is 65.6 Å². The summed E-state index contributed by atoms with van der Waals surface area (Å²) in [7, 11) is -4.51. The average molecular weight is 551 g/mol. The molecule has 0 saturated heterocycles. The summed E-state index contributed by atoms with van der Waals surface area (Å²) in [5, 5.41) is 2.18. The lowest BCUT2D eigenvalue weighted by molar-refractivity contribution is -0.665. The van der Waals surface area contributed by atoms with Crippen molar-refractivity contribution >= 4 is 55.2 Å². The van der Waals surface area contributed by atoms with Gasteiger partial charge in [-0.2, -0.15) is 4.57 Å². The second-order valence-corrected chi connectivity index (χ2v) is 13.5. The van der Waals surface area contributed by atoms with Gasteiger partial charge in [0.15, 0.2) is 0 Å². The Labute approximate surface area is 227 Å². The van der Waals surface area contributed by atoms with Crippen molar-refractivity contribution in [2.75, 3.05) is 11.4 Å². The van der Waals surface area contributed by atoms with Crippen LogP contribution in [0.3, 0.4) is 0 Å². The standard InChI is InChI=1S/C29H30N2O3S3/c1-4-30-23-10-6-8-12-25(23)35-27(30)16-14-21-18-22(20-29(3,19-21)37(32,33)34)15-17-28-31(5-2)24-11-7-9-13-26(24)36-28/h6-18H,4-5,19-20H2,1-3H3. The van der Waals surface area contributed by atoms with Gasteiger partial charge in [0.05, 0.1) is 15.5 Å². The van der Waals surface area contributed by atoms with Gasteiger partial charge in [0.1, 0.15) is 21.4 Å². The number of hydrogen-bond acceptors (Lipinski definition) is 6. The quantitative estimate of drug-likeness (QED) is 0.254. The number of hydrogen-bond donors (Lipinski definition) is 0. The van der Waals surface area contributed by atoms with Crippen LogP contribution in [-0.4, -0.2) is 24.3 Å². The molecule has 0 amide bonds. The second kappa shape index (κ2) is 10.3. The normalized spacial score (nSPS) is 22.4. The molecule has 0 saturated carbocycles. The summed E-state index contributed by atoms with van der Waals surface area (Å²) < 4.78 is 39.1. The molecule has 5 rings (SSSR count). The molecule has 2 heterocycles. The highest BCUT2D eigenvalue weighted by molar-refractivity contribution is 8.03. The van der Waals surface area contributed by atoms with Crippen LogP contribution in [0.4, 0.5) is 5.69 Å². The Morgan fingerprint density at radius 1 is 1.05 bits per heavy atom. The van der Waals surface area contributed by atoms with Crippen molar-refractivity contribution in [3.63, 3.8) is 0 Å². The zero-order valence-electron chi connectivity index (χ0n) is 21.2. The van der Waals surface area contributed by atoms with Crippen LogP contribution in [0.1, 0.15) is 38.6 Å². The van der Waals surface area contributed by atoms with Crippen LogP contribution in [0.2, 0.25) is 0 Å². The fraction of sp³-hybridized carbons (Fsp3) is 0.276. The molecular formula is C29H30N2O3S3. The van der Waals surface area contributed by atoms with Crippen molar-refractivity contribution in [1.82, 2.24) is 0 Å². The number of para-hydroxylation sites is 2. The van der Waals surface area contributed by atoms with Crippen LogP contribution in [-0.2, 0) is 16.7 Å². The van der Waals surface area contributed by atoms with E-state index in [9.17, 15) is 13.0 Å². The van der Waals surface area contributed by atoms with Crippen molar-refractivity contribution in [1.29, 1.82) is 0 Å². The summed E-state index contributed by atoms with van der Waals surface area (Å²) in [6, 6.07) is 16.6. The molecule has 0 spiro atoms. The van der Waals surface area contributed by atoms with E-state index in [-0.39, 0.29) is 12.8 Å². The Balaban J connectivity index is 1.50. The maximum absolute atomic E-state index is 12.3. The Morgan fingerprint density at radius 2 is 1.81 bits per heavy atom. The van der Waals surface area contributed by atoms with Crippen LogP contribution in [0.25, 0.3) is 16.3 Å². The van der Waals surface area contributed by atoms with Crippen molar-refractivity contribution in [2.24, 2.45) is 0 Å².